The molecule has 0 atom stereocenters. The number of anilines is 2. The van der Waals surface area contributed by atoms with Gasteiger partial charge in [-0.1, -0.05) is 0 Å². The second-order valence-electron chi connectivity index (χ2n) is 4.37. The van der Waals surface area contributed by atoms with Crippen LogP contribution >= 0.6 is 31.9 Å². The van der Waals surface area contributed by atoms with Crippen molar-refractivity contribution in [2.75, 3.05) is 10.5 Å². The number of benzene rings is 2. The predicted octanol–water partition coefficient (Wildman–Crippen LogP) is 4.04. The van der Waals surface area contributed by atoms with E-state index in [0.717, 1.165) is 0 Å². The summed E-state index contributed by atoms with van der Waals surface area (Å²) in [5, 5.41) is 0. The van der Waals surface area contributed by atoms with Crippen molar-refractivity contribution in [2.24, 2.45) is 0 Å². The van der Waals surface area contributed by atoms with Crippen molar-refractivity contribution in [2.45, 2.75) is 11.8 Å². The molecule has 0 fully saturated rings. The Hall–Kier alpha value is -1.12. The van der Waals surface area contributed by atoms with Gasteiger partial charge in [0.05, 0.1) is 10.6 Å². The smallest absolute Gasteiger partial charge is 0.262 e. The normalized spacial score (nSPS) is 11.4. The molecule has 0 heterocycles. The maximum Gasteiger partial charge on any atom is 0.262 e. The molecule has 0 saturated carbocycles. The van der Waals surface area contributed by atoms with Crippen LogP contribution in [0.1, 0.15) is 5.56 Å². The average molecular weight is 438 g/mol. The molecule has 0 spiro atoms. The fourth-order valence-corrected chi connectivity index (χ4v) is 4.11. The first-order valence-corrected chi connectivity index (χ1v) is 8.81. The molecule has 0 radical (unpaired) electrons. The number of hydrogen-bond acceptors (Lipinski definition) is 3. The van der Waals surface area contributed by atoms with Crippen molar-refractivity contribution in [1.29, 1.82) is 0 Å². The summed E-state index contributed by atoms with van der Waals surface area (Å²) in [4.78, 5) is 0.0689. The van der Waals surface area contributed by atoms with E-state index in [2.05, 4.69) is 36.6 Å². The molecule has 0 bridgehead atoms. The minimum absolute atomic E-state index is 0.0689. The number of nitrogens with one attached hydrogen (secondary N) is 1. The zero-order chi connectivity index (χ0) is 15.8. The van der Waals surface area contributed by atoms with Gasteiger partial charge in [0.1, 0.15) is 5.82 Å². The maximum atomic E-state index is 13.0. The van der Waals surface area contributed by atoms with E-state index < -0.39 is 15.8 Å². The van der Waals surface area contributed by atoms with E-state index in [-0.39, 0.29) is 10.6 Å². The van der Waals surface area contributed by atoms with Gasteiger partial charge in [-0.25, -0.2) is 12.8 Å². The molecule has 0 aromatic heterocycles. The van der Waals surface area contributed by atoms with E-state index in [9.17, 15) is 12.8 Å². The van der Waals surface area contributed by atoms with Gasteiger partial charge >= 0.3 is 0 Å². The molecule has 21 heavy (non-hydrogen) atoms. The molecule has 0 aliphatic carbocycles. The molecule has 8 heteroatoms. The van der Waals surface area contributed by atoms with E-state index >= 15 is 0 Å². The summed E-state index contributed by atoms with van der Waals surface area (Å²) in [5.41, 5.74) is 6.84. The first kappa shape index (κ1) is 16.3. The number of sulfonamides is 1. The van der Waals surface area contributed by atoms with Crippen LogP contribution in [-0.2, 0) is 10.0 Å². The SMILES string of the molecule is Cc1cc(Br)c(N)cc1S(=O)(=O)Nc1ccc(F)cc1Br. The molecule has 0 aliphatic heterocycles. The summed E-state index contributed by atoms with van der Waals surface area (Å²) in [6.45, 7) is 1.67. The Kier molecular flexibility index (Phi) is 4.60. The van der Waals surface area contributed by atoms with E-state index in [1.165, 1.54) is 24.3 Å². The molecule has 112 valence electrons. The summed E-state index contributed by atoms with van der Waals surface area (Å²) in [5.74, 6) is -0.464. The first-order valence-electron chi connectivity index (χ1n) is 5.74. The van der Waals surface area contributed by atoms with Gasteiger partial charge in [0, 0.05) is 14.6 Å². The maximum absolute atomic E-state index is 13.0. The highest BCUT2D eigenvalue weighted by Gasteiger charge is 2.19. The summed E-state index contributed by atoms with van der Waals surface area (Å²) in [6.07, 6.45) is 0. The largest absolute Gasteiger partial charge is 0.398 e. The lowest BCUT2D eigenvalue weighted by molar-refractivity contribution is 0.600. The Morgan fingerprint density at radius 1 is 1.14 bits per heavy atom. The van der Waals surface area contributed by atoms with Crippen LogP contribution in [0.5, 0.6) is 0 Å². The molecular formula is C13H11Br2FN2O2S. The van der Waals surface area contributed by atoms with E-state index in [0.29, 0.717) is 20.2 Å². The van der Waals surface area contributed by atoms with Crippen molar-refractivity contribution in [3.8, 4) is 0 Å². The van der Waals surface area contributed by atoms with Gasteiger partial charge in [-0.3, -0.25) is 4.72 Å². The fourth-order valence-electron chi connectivity index (χ4n) is 1.73. The highest BCUT2D eigenvalue weighted by atomic mass is 79.9. The van der Waals surface area contributed by atoms with Gasteiger partial charge in [0.25, 0.3) is 10.0 Å². The summed E-state index contributed by atoms with van der Waals surface area (Å²) in [7, 11) is -3.82. The van der Waals surface area contributed by atoms with Crippen molar-refractivity contribution >= 4 is 53.3 Å². The van der Waals surface area contributed by atoms with E-state index in [1.54, 1.807) is 13.0 Å². The minimum atomic E-state index is -3.82. The van der Waals surface area contributed by atoms with Crippen molar-refractivity contribution in [1.82, 2.24) is 0 Å². The molecule has 0 aliphatic rings. The summed E-state index contributed by atoms with van der Waals surface area (Å²) in [6, 6.07) is 6.70. The van der Waals surface area contributed by atoms with Crippen LogP contribution in [0.2, 0.25) is 0 Å². The average Bonchev–Trinajstić information content (AvgIpc) is 2.37. The Bertz CT molecular complexity index is 810. The molecular weight excluding hydrogens is 427 g/mol. The second kappa shape index (κ2) is 5.94. The third kappa shape index (κ3) is 3.56. The Morgan fingerprint density at radius 2 is 1.81 bits per heavy atom. The molecule has 4 nitrogen and oxygen atoms in total. The van der Waals surface area contributed by atoms with Gasteiger partial charge < -0.3 is 5.73 Å². The van der Waals surface area contributed by atoms with Crippen LogP contribution in [0.3, 0.4) is 0 Å². The summed E-state index contributed by atoms with van der Waals surface area (Å²) >= 11 is 6.36. The van der Waals surface area contributed by atoms with E-state index in [1.807, 2.05) is 0 Å². The second-order valence-corrected chi connectivity index (χ2v) is 7.73. The lowest BCUT2D eigenvalue weighted by Crippen LogP contribution is -2.15. The molecule has 3 N–H and O–H groups in total. The van der Waals surface area contributed by atoms with Gasteiger partial charge in [-0.15, -0.1) is 0 Å². The standard InChI is InChI=1S/C13H11Br2FN2O2S/c1-7-4-9(14)11(17)6-13(7)21(19,20)18-12-3-2-8(16)5-10(12)15/h2-6,18H,17H2,1H3. The van der Waals surface area contributed by atoms with Crippen LogP contribution in [0, 0.1) is 12.7 Å². The van der Waals surface area contributed by atoms with Crippen molar-refractivity contribution in [3.05, 3.63) is 50.7 Å². The van der Waals surface area contributed by atoms with Crippen LogP contribution in [0.4, 0.5) is 15.8 Å². The number of rotatable bonds is 3. The quantitative estimate of drug-likeness (QED) is 0.711. The van der Waals surface area contributed by atoms with Crippen LogP contribution < -0.4 is 10.5 Å². The number of hydrogen-bond donors (Lipinski definition) is 2. The lowest BCUT2D eigenvalue weighted by atomic mass is 10.2. The van der Waals surface area contributed by atoms with Crippen molar-refractivity contribution in [3.63, 3.8) is 0 Å². The van der Waals surface area contributed by atoms with Crippen LogP contribution in [-0.4, -0.2) is 8.42 Å². The Morgan fingerprint density at radius 3 is 2.43 bits per heavy atom. The van der Waals surface area contributed by atoms with Gasteiger partial charge in [0.2, 0.25) is 0 Å². The highest BCUT2D eigenvalue weighted by Crippen LogP contribution is 2.30. The van der Waals surface area contributed by atoms with E-state index in [4.69, 9.17) is 5.73 Å². The topological polar surface area (TPSA) is 72.2 Å². The third-order valence-corrected chi connectivity index (χ3v) is 5.61. The Balaban J connectivity index is 2.46. The number of nitrogen functional groups attached to an aromatic ring is 1. The number of aryl methyl sites for hydroxylation is 1. The molecule has 2 rings (SSSR count). The molecule has 0 unspecified atom stereocenters. The molecule has 0 saturated heterocycles. The molecule has 2 aromatic rings. The Labute approximate surface area is 138 Å². The summed E-state index contributed by atoms with van der Waals surface area (Å²) < 4.78 is 41.2. The van der Waals surface area contributed by atoms with Gasteiger partial charge in [-0.05, 0) is 74.7 Å². The fraction of sp³-hybridized carbons (Fsp3) is 0.0769. The van der Waals surface area contributed by atoms with Crippen LogP contribution in [0.25, 0.3) is 0 Å². The van der Waals surface area contributed by atoms with Crippen LogP contribution in [0.15, 0.2) is 44.2 Å². The molecule has 2 aromatic carbocycles. The van der Waals surface area contributed by atoms with Gasteiger partial charge in [0.15, 0.2) is 0 Å². The molecule has 0 amide bonds. The first-order chi connectivity index (χ1) is 9.70. The minimum Gasteiger partial charge on any atom is -0.398 e. The highest BCUT2D eigenvalue weighted by molar-refractivity contribution is 9.11. The van der Waals surface area contributed by atoms with Gasteiger partial charge in [-0.2, -0.15) is 0 Å². The predicted molar refractivity (Wildman–Crippen MR) is 88.2 cm³/mol. The van der Waals surface area contributed by atoms with Crippen molar-refractivity contribution < 1.29 is 12.8 Å². The number of nitrogens with two attached hydrogens (primary N) is 1. The zero-order valence-electron chi connectivity index (χ0n) is 10.8. The monoisotopic (exact) mass is 436 g/mol. The third-order valence-electron chi connectivity index (χ3n) is 2.76. The lowest BCUT2D eigenvalue weighted by Gasteiger charge is -2.13. The number of halogens is 3. The zero-order valence-corrected chi connectivity index (χ0v) is 14.8.